The first kappa shape index (κ1) is 24.1. The van der Waals surface area contributed by atoms with Crippen molar-refractivity contribution >= 4 is 28.2 Å². The van der Waals surface area contributed by atoms with E-state index in [1.165, 1.54) is 57.9 Å². The number of aryl methyl sites for hydroxylation is 2. The van der Waals surface area contributed by atoms with Crippen LogP contribution in [0.1, 0.15) is 48.9 Å². The van der Waals surface area contributed by atoms with Crippen LogP contribution in [0, 0.1) is 19.8 Å². The van der Waals surface area contributed by atoms with Gasteiger partial charge in [0.1, 0.15) is 0 Å². The maximum absolute atomic E-state index is 10.1. The monoisotopic (exact) mass is 458 g/mol. The highest BCUT2D eigenvalue weighted by Crippen LogP contribution is 2.31. The number of carbonyl (C=O) groups is 1. The van der Waals surface area contributed by atoms with E-state index in [1.807, 2.05) is 4.90 Å². The summed E-state index contributed by atoms with van der Waals surface area (Å²) < 4.78 is 0. The molecule has 0 radical (unpaired) electrons. The van der Waals surface area contributed by atoms with E-state index in [0.717, 1.165) is 44.4 Å². The Morgan fingerprint density at radius 1 is 0.971 bits per heavy atom. The van der Waals surface area contributed by atoms with Crippen molar-refractivity contribution in [1.29, 1.82) is 0 Å². The van der Waals surface area contributed by atoms with Gasteiger partial charge in [0.15, 0.2) is 0 Å². The molecule has 2 aromatic carbocycles. The number of aromatic nitrogens is 2. The molecule has 4 aromatic rings. The molecule has 0 unspecified atom stereocenters. The maximum atomic E-state index is 10.1. The number of para-hydroxylation sites is 1. The van der Waals surface area contributed by atoms with Gasteiger partial charge in [-0.25, -0.2) is 0 Å². The van der Waals surface area contributed by atoms with Crippen LogP contribution >= 0.6 is 0 Å². The molecule has 4 heterocycles. The fourth-order valence-electron chi connectivity index (χ4n) is 5.02. The Labute approximate surface area is 202 Å². The highest BCUT2D eigenvalue weighted by atomic mass is 16.1. The number of hydrogen-bond donors (Lipinski definition) is 3. The van der Waals surface area contributed by atoms with E-state index in [1.54, 1.807) is 0 Å². The Morgan fingerprint density at radius 2 is 1.76 bits per heavy atom. The van der Waals surface area contributed by atoms with Gasteiger partial charge in [0.2, 0.25) is 6.41 Å². The Morgan fingerprint density at radius 3 is 2.47 bits per heavy atom. The number of carbonyl (C=O) groups excluding carboxylic acids is 1. The second kappa shape index (κ2) is 11.4. The average molecular weight is 459 g/mol. The van der Waals surface area contributed by atoms with Crippen LogP contribution < -0.4 is 5.32 Å². The number of benzene rings is 2. The van der Waals surface area contributed by atoms with Gasteiger partial charge in [-0.2, -0.15) is 0 Å². The number of aromatic amines is 2. The Bertz CT molecular complexity index is 1200. The van der Waals surface area contributed by atoms with Gasteiger partial charge in [-0.3, -0.25) is 4.79 Å². The van der Waals surface area contributed by atoms with E-state index in [9.17, 15) is 4.79 Å². The van der Waals surface area contributed by atoms with E-state index in [0.29, 0.717) is 0 Å². The van der Waals surface area contributed by atoms with Crippen molar-refractivity contribution in [2.75, 3.05) is 26.2 Å². The summed E-state index contributed by atoms with van der Waals surface area (Å²) in [5.74, 6) is 1.46. The molecule has 0 spiro atoms. The smallest absolute Gasteiger partial charge is 0.209 e. The number of amides is 1. The normalized spacial score (nSPS) is 18.3. The van der Waals surface area contributed by atoms with Gasteiger partial charge in [-0.05, 0) is 92.7 Å². The average Bonchev–Trinajstić information content (AvgIpc) is 3.57. The second-order valence-corrected chi connectivity index (χ2v) is 9.85. The molecule has 6 rings (SSSR count). The van der Waals surface area contributed by atoms with Crippen molar-refractivity contribution in [2.24, 2.45) is 5.92 Å². The molecule has 1 amide bonds. The summed E-state index contributed by atoms with van der Waals surface area (Å²) in [5, 5.41) is 6.12. The van der Waals surface area contributed by atoms with E-state index in [2.05, 4.69) is 90.8 Å². The zero-order valence-corrected chi connectivity index (χ0v) is 20.7. The number of nitrogens with zero attached hydrogens (tertiary/aromatic N) is 1. The van der Waals surface area contributed by atoms with Crippen molar-refractivity contribution in [3.05, 3.63) is 71.5 Å². The standard InChI is InChI=1S/C13H16N2.C10H11N.C6H11NO/c1-2-4-13-11(3-1)12(9-15-13)10-5-7-14-8-6-10;1-7-3-4-9-6-8(2)11-10(9)5-7;1-6-2-3-7(4-6)5-8/h1-4,9-10,14-15H,5-8H2;3-6,11H,1-2H3;5-6H,2-4H2,1H3/t;;6-/m..0/s1. The van der Waals surface area contributed by atoms with Gasteiger partial charge in [0.05, 0.1) is 0 Å². The first-order valence-electron chi connectivity index (χ1n) is 12.6. The number of rotatable bonds is 2. The summed E-state index contributed by atoms with van der Waals surface area (Å²) in [7, 11) is 0. The number of piperidine rings is 1. The third kappa shape index (κ3) is 6.09. The van der Waals surface area contributed by atoms with E-state index >= 15 is 0 Å². The van der Waals surface area contributed by atoms with Crippen molar-refractivity contribution in [1.82, 2.24) is 20.2 Å². The molecule has 1 atom stereocenters. The summed E-state index contributed by atoms with van der Waals surface area (Å²) in [6.07, 6.45) is 6.84. The van der Waals surface area contributed by atoms with Crippen LogP contribution in [0.25, 0.3) is 21.8 Å². The molecular formula is C29H38N4O. The third-order valence-electron chi connectivity index (χ3n) is 6.92. The fraction of sp³-hybridized carbons (Fsp3) is 0.414. The van der Waals surface area contributed by atoms with Gasteiger partial charge in [0.25, 0.3) is 0 Å². The van der Waals surface area contributed by atoms with Gasteiger partial charge in [-0.1, -0.05) is 37.3 Å². The minimum atomic E-state index is 0.722. The molecule has 0 saturated carbocycles. The van der Waals surface area contributed by atoms with Crippen LogP contribution in [0.3, 0.4) is 0 Å². The van der Waals surface area contributed by atoms with Crippen LogP contribution in [0.4, 0.5) is 0 Å². The van der Waals surface area contributed by atoms with Gasteiger partial charge in [-0.15, -0.1) is 0 Å². The number of nitrogens with one attached hydrogen (secondary N) is 3. The predicted octanol–water partition coefficient (Wildman–Crippen LogP) is 5.90. The van der Waals surface area contributed by atoms with Gasteiger partial charge >= 0.3 is 0 Å². The summed E-state index contributed by atoms with van der Waals surface area (Å²) >= 11 is 0. The van der Waals surface area contributed by atoms with Crippen LogP contribution in [0.15, 0.2) is 54.7 Å². The van der Waals surface area contributed by atoms with Crippen molar-refractivity contribution in [3.63, 3.8) is 0 Å². The SMILES string of the molecule is C[C@H]1CCN(C=O)C1.Cc1ccc2cc(C)[nH]c2c1.c1ccc2c(C3CCNCC3)c[nH]c2c1. The number of hydrogen-bond acceptors (Lipinski definition) is 2. The molecule has 2 aromatic heterocycles. The minimum Gasteiger partial charge on any atom is -0.361 e. The Hall–Kier alpha value is -3.05. The molecule has 2 aliphatic rings. The number of likely N-dealkylation sites (tertiary alicyclic amines) is 1. The molecule has 3 N–H and O–H groups in total. The topological polar surface area (TPSA) is 63.9 Å². The van der Waals surface area contributed by atoms with Crippen LogP contribution in [-0.2, 0) is 4.79 Å². The first-order chi connectivity index (χ1) is 16.5. The summed E-state index contributed by atoms with van der Waals surface area (Å²) in [5.41, 5.74) is 6.55. The zero-order chi connectivity index (χ0) is 23.9. The van der Waals surface area contributed by atoms with Crippen LogP contribution in [0.2, 0.25) is 0 Å². The quantitative estimate of drug-likeness (QED) is 0.327. The number of fused-ring (bicyclic) bond motifs is 2. The number of H-pyrrole nitrogens is 2. The van der Waals surface area contributed by atoms with E-state index in [4.69, 9.17) is 0 Å². The van der Waals surface area contributed by atoms with Crippen molar-refractivity contribution in [3.8, 4) is 0 Å². The molecule has 2 fully saturated rings. The lowest BCUT2D eigenvalue weighted by molar-refractivity contribution is -0.117. The second-order valence-electron chi connectivity index (χ2n) is 9.85. The largest absolute Gasteiger partial charge is 0.361 e. The summed E-state index contributed by atoms with van der Waals surface area (Å²) in [6.45, 7) is 10.6. The predicted molar refractivity (Wildman–Crippen MR) is 142 cm³/mol. The fourth-order valence-corrected chi connectivity index (χ4v) is 5.02. The molecule has 5 nitrogen and oxygen atoms in total. The molecule has 180 valence electrons. The Kier molecular flexibility index (Phi) is 8.07. The highest BCUT2D eigenvalue weighted by Gasteiger charge is 2.18. The maximum Gasteiger partial charge on any atom is 0.209 e. The lowest BCUT2D eigenvalue weighted by Crippen LogP contribution is -2.26. The molecule has 2 saturated heterocycles. The third-order valence-corrected chi connectivity index (χ3v) is 6.92. The van der Waals surface area contributed by atoms with Crippen LogP contribution in [-0.4, -0.2) is 47.5 Å². The van der Waals surface area contributed by atoms with Crippen molar-refractivity contribution in [2.45, 2.75) is 46.0 Å². The van der Waals surface area contributed by atoms with Crippen LogP contribution in [0.5, 0.6) is 0 Å². The summed E-state index contributed by atoms with van der Waals surface area (Å²) in [6, 6.07) is 17.2. The van der Waals surface area contributed by atoms with Gasteiger partial charge in [0, 0.05) is 41.4 Å². The molecule has 5 heteroatoms. The first-order valence-corrected chi connectivity index (χ1v) is 12.6. The van der Waals surface area contributed by atoms with Crippen molar-refractivity contribution < 1.29 is 4.79 Å². The van der Waals surface area contributed by atoms with E-state index in [-0.39, 0.29) is 0 Å². The minimum absolute atomic E-state index is 0.722. The molecular weight excluding hydrogens is 420 g/mol. The lowest BCUT2D eigenvalue weighted by atomic mass is 9.90. The van der Waals surface area contributed by atoms with E-state index < -0.39 is 0 Å². The highest BCUT2D eigenvalue weighted by molar-refractivity contribution is 5.83. The molecule has 34 heavy (non-hydrogen) atoms. The summed E-state index contributed by atoms with van der Waals surface area (Å²) in [4.78, 5) is 18.6. The zero-order valence-electron chi connectivity index (χ0n) is 20.7. The lowest BCUT2D eigenvalue weighted by Gasteiger charge is -2.22. The Balaban J connectivity index is 0.000000128. The molecule has 2 aliphatic heterocycles. The molecule has 0 bridgehead atoms. The molecule has 0 aliphatic carbocycles. The van der Waals surface area contributed by atoms with Gasteiger partial charge < -0.3 is 20.2 Å².